The number of halogens is 1. The van der Waals surface area contributed by atoms with Crippen LogP contribution in [0.3, 0.4) is 0 Å². The first kappa shape index (κ1) is 14.3. The Bertz CT molecular complexity index is 494. The maximum absolute atomic E-state index is 11.1. The SMILES string of the molecule is COc1cc(C)c(Cl)cc1CCN(C)C(=O)C#N. The minimum Gasteiger partial charge on any atom is -0.496 e. The van der Waals surface area contributed by atoms with E-state index in [1.54, 1.807) is 20.2 Å². The third-order valence-electron chi connectivity index (χ3n) is 2.72. The third-order valence-corrected chi connectivity index (χ3v) is 3.13. The summed E-state index contributed by atoms with van der Waals surface area (Å²) in [4.78, 5) is 12.5. The molecule has 0 atom stereocenters. The molecule has 0 heterocycles. The predicted molar refractivity (Wildman–Crippen MR) is 69.7 cm³/mol. The molecule has 0 spiro atoms. The van der Waals surface area contributed by atoms with Crippen LogP contribution in [0.25, 0.3) is 0 Å². The van der Waals surface area contributed by atoms with Gasteiger partial charge in [-0.2, -0.15) is 5.26 Å². The lowest BCUT2D eigenvalue weighted by atomic mass is 10.1. The lowest BCUT2D eigenvalue weighted by molar-refractivity contribution is -0.124. The van der Waals surface area contributed by atoms with Gasteiger partial charge in [0, 0.05) is 18.6 Å². The summed E-state index contributed by atoms with van der Waals surface area (Å²) >= 11 is 6.06. The number of nitriles is 1. The fraction of sp³-hybridized carbons (Fsp3) is 0.385. The van der Waals surface area contributed by atoms with Crippen molar-refractivity contribution in [3.8, 4) is 11.8 Å². The van der Waals surface area contributed by atoms with Crippen LogP contribution in [0.15, 0.2) is 12.1 Å². The molecule has 1 rings (SSSR count). The maximum atomic E-state index is 11.1. The second-order valence-corrected chi connectivity index (χ2v) is 4.41. The Kier molecular flexibility index (Phi) is 4.99. The fourth-order valence-corrected chi connectivity index (χ4v) is 1.74. The highest BCUT2D eigenvalue weighted by Gasteiger charge is 2.11. The summed E-state index contributed by atoms with van der Waals surface area (Å²) in [7, 11) is 3.18. The number of carbonyl (C=O) groups excluding carboxylic acids is 1. The zero-order valence-corrected chi connectivity index (χ0v) is 11.4. The van der Waals surface area contributed by atoms with Crippen LogP contribution in [-0.4, -0.2) is 31.5 Å². The Morgan fingerprint density at radius 3 is 2.78 bits per heavy atom. The molecule has 5 heteroatoms. The van der Waals surface area contributed by atoms with Gasteiger partial charge in [0.15, 0.2) is 6.07 Å². The van der Waals surface area contributed by atoms with Gasteiger partial charge in [-0.15, -0.1) is 0 Å². The van der Waals surface area contributed by atoms with Crippen LogP contribution in [0.4, 0.5) is 0 Å². The molecule has 0 unspecified atom stereocenters. The molecule has 1 aromatic rings. The predicted octanol–water partition coefficient (Wildman–Crippen LogP) is 2.18. The molecule has 0 radical (unpaired) electrons. The Morgan fingerprint density at radius 2 is 2.22 bits per heavy atom. The van der Waals surface area contributed by atoms with Gasteiger partial charge in [0.2, 0.25) is 0 Å². The molecule has 96 valence electrons. The van der Waals surface area contributed by atoms with Gasteiger partial charge in [0.05, 0.1) is 7.11 Å². The molecular weight excluding hydrogens is 252 g/mol. The minimum atomic E-state index is -0.549. The van der Waals surface area contributed by atoms with Gasteiger partial charge in [-0.3, -0.25) is 4.79 Å². The normalized spacial score (nSPS) is 9.72. The minimum absolute atomic E-state index is 0.447. The zero-order valence-electron chi connectivity index (χ0n) is 10.7. The fourth-order valence-electron chi connectivity index (χ4n) is 1.56. The van der Waals surface area contributed by atoms with Gasteiger partial charge in [-0.25, -0.2) is 0 Å². The lowest BCUT2D eigenvalue weighted by Crippen LogP contribution is -2.27. The maximum Gasteiger partial charge on any atom is 0.324 e. The number of rotatable bonds is 4. The van der Waals surface area contributed by atoms with Crippen LogP contribution < -0.4 is 4.74 Å². The van der Waals surface area contributed by atoms with Crippen LogP contribution in [0.5, 0.6) is 5.75 Å². The highest BCUT2D eigenvalue weighted by atomic mass is 35.5. The van der Waals surface area contributed by atoms with E-state index in [2.05, 4.69) is 0 Å². The molecule has 0 fully saturated rings. The van der Waals surface area contributed by atoms with Gasteiger partial charge >= 0.3 is 5.91 Å². The van der Waals surface area contributed by atoms with Crippen molar-refractivity contribution in [3.05, 3.63) is 28.3 Å². The van der Waals surface area contributed by atoms with Crippen LogP contribution in [0.2, 0.25) is 5.02 Å². The number of aryl methyl sites for hydroxylation is 1. The number of hydrogen-bond donors (Lipinski definition) is 0. The molecule has 0 aliphatic heterocycles. The first-order chi connectivity index (χ1) is 8.49. The summed E-state index contributed by atoms with van der Waals surface area (Å²) in [5, 5.41) is 9.16. The van der Waals surface area contributed by atoms with Gasteiger partial charge in [-0.1, -0.05) is 11.6 Å². The quantitative estimate of drug-likeness (QED) is 0.785. The Hall–Kier alpha value is -1.73. The van der Waals surface area contributed by atoms with Crippen molar-refractivity contribution in [1.29, 1.82) is 5.26 Å². The lowest BCUT2D eigenvalue weighted by Gasteiger charge is -2.15. The molecule has 0 saturated carbocycles. The van der Waals surface area contributed by atoms with Crippen molar-refractivity contribution in [2.24, 2.45) is 0 Å². The topological polar surface area (TPSA) is 53.3 Å². The van der Waals surface area contributed by atoms with E-state index in [4.69, 9.17) is 21.6 Å². The van der Waals surface area contributed by atoms with Crippen molar-refractivity contribution in [1.82, 2.24) is 4.90 Å². The summed E-state index contributed by atoms with van der Waals surface area (Å²) < 4.78 is 5.27. The van der Waals surface area contributed by atoms with E-state index in [9.17, 15) is 4.79 Å². The van der Waals surface area contributed by atoms with Crippen LogP contribution in [0, 0.1) is 18.3 Å². The molecular formula is C13H15ClN2O2. The Morgan fingerprint density at radius 1 is 1.56 bits per heavy atom. The molecule has 0 aliphatic carbocycles. The van der Waals surface area contributed by atoms with E-state index in [0.717, 1.165) is 16.9 Å². The van der Waals surface area contributed by atoms with E-state index < -0.39 is 5.91 Å². The number of nitrogens with zero attached hydrogens (tertiary/aromatic N) is 2. The number of hydrogen-bond acceptors (Lipinski definition) is 3. The molecule has 0 aliphatic rings. The molecule has 0 saturated heterocycles. The van der Waals surface area contributed by atoms with Crippen LogP contribution >= 0.6 is 11.6 Å². The zero-order chi connectivity index (χ0) is 13.7. The van der Waals surface area contributed by atoms with Gasteiger partial charge in [0.1, 0.15) is 5.75 Å². The van der Waals surface area contributed by atoms with Gasteiger partial charge < -0.3 is 9.64 Å². The first-order valence-electron chi connectivity index (χ1n) is 5.47. The van der Waals surface area contributed by atoms with Crippen molar-refractivity contribution < 1.29 is 9.53 Å². The van der Waals surface area contributed by atoms with Gasteiger partial charge in [-0.05, 0) is 36.6 Å². The highest BCUT2D eigenvalue weighted by molar-refractivity contribution is 6.31. The summed E-state index contributed by atoms with van der Waals surface area (Å²) in [5.74, 6) is 0.196. The van der Waals surface area contributed by atoms with Crippen molar-refractivity contribution in [3.63, 3.8) is 0 Å². The van der Waals surface area contributed by atoms with Crippen molar-refractivity contribution >= 4 is 17.5 Å². The van der Waals surface area contributed by atoms with Crippen LogP contribution in [-0.2, 0) is 11.2 Å². The summed E-state index contributed by atoms with van der Waals surface area (Å²) in [5.41, 5.74) is 1.87. The van der Waals surface area contributed by atoms with Gasteiger partial charge in [0.25, 0.3) is 0 Å². The Labute approximate surface area is 112 Å². The highest BCUT2D eigenvalue weighted by Crippen LogP contribution is 2.26. The monoisotopic (exact) mass is 266 g/mol. The number of carbonyl (C=O) groups is 1. The number of likely N-dealkylation sites (N-methyl/N-ethyl adjacent to an activating group) is 1. The Balaban J connectivity index is 2.82. The number of amides is 1. The smallest absolute Gasteiger partial charge is 0.324 e. The van der Waals surface area contributed by atoms with E-state index in [-0.39, 0.29) is 0 Å². The molecule has 1 aromatic carbocycles. The second kappa shape index (κ2) is 6.27. The third kappa shape index (κ3) is 3.38. The summed E-state index contributed by atoms with van der Waals surface area (Å²) in [6.07, 6.45) is 0.590. The molecule has 0 N–H and O–H groups in total. The average molecular weight is 267 g/mol. The van der Waals surface area contributed by atoms with E-state index >= 15 is 0 Å². The van der Waals surface area contributed by atoms with Crippen molar-refractivity contribution in [2.45, 2.75) is 13.3 Å². The second-order valence-electron chi connectivity index (χ2n) is 4.00. The summed E-state index contributed by atoms with van der Waals surface area (Å²) in [6.45, 7) is 2.35. The largest absolute Gasteiger partial charge is 0.496 e. The molecule has 1 amide bonds. The molecule has 0 aromatic heterocycles. The van der Waals surface area contributed by atoms with E-state index in [1.807, 2.05) is 19.1 Å². The summed E-state index contributed by atoms with van der Waals surface area (Å²) in [6, 6.07) is 5.28. The average Bonchev–Trinajstić information content (AvgIpc) is 2.38. The molecule has 4 nitrogen and oxygen atoms in total. The standard InChI is InChI=1S/C13H15ClN2O2/c1-9-6-12(18-3)10(7-11(9)14)4-5-16(2)13(17)8-15/h6-7H,4-5H2,1-3H3. The van der Waals surface area contributed by atoms with Crippen molar-refractivity contribution in [2.75, 3.05) is 20.7 Å². The number of benzene rings is 1. The number of methoxy groups -OCH3 is 1. The molecule has 0 bridgehead atoms. The number of ether oxygens (including phenoxy) is 1. The van der Waals surface area contributed by atoms with E-state index in [0.29, 0.717) is 18.0 Å². The van der Waals surface area contributed by atoms with Crippen LogP contribution in [0.1, 0.15) is 11.1 Å². The molecule has 18 heavy (non-hydrogen) atoms. The first-order valence-corrected chi connectivity index (χ1v) is 5.85. The van der Waals surface area contributed by atoms with E-state index in [1.165, 1.54) is 4.90 Å².